The van der Waals surface area contributed by atoms with Gasteiger partial charge in [-0.05, 0) is 55.2 Å². The Kier molecular flexibility index (Phi) is 5.32. The van der Waals surface area contributed by atoms with E-state index in [-0.39, 0.29) is 11.7 Å². The van der Waals surface area contributed by atoms with Crippen LogP contribution in [0.15, 0.2) is 78.0 Å². The maximum absolute atomic E-state index is 13.9. The van der Waals surface area contributed by atoms with Gasteiger partial charge in [0.25, 0.3) is 0 Å². The van der Waals surface area contributed by atoms with Crippen LogP contribution >= 0.6 is 0 Å². The van der Waals surface area contributed by atoms with Crippen LogP contribution in [0.1, 0.15) is 31.9 Å². The second-order valence-corrected chi connectivity index (χ2v) is 9.72. The number of esters is 1. The molecule has 6 heteroatoms. The Labute approximate surface area is 209 Å². The summed E-state index contributed by atoms with van der Waals surface area (Å²) in [6.07, 6.45) is 0.588. The van der Waals surface area contributed by atoms with Crippen molar-refractivity contribution >= 4 is 44.9 Å². The number of para-hydroxylation sites is 3. The zero-order valence-corrected chi connectivity index (χ0v) is 20.7. The van der Waals surface area contributed by atoms with Crippen LogP contribution in [0, 0.1) is 11.8 Å². The molecule has 6 nitrogen and oxygen atoms in total. The monoisotopic (exact) mass is 479 g/mol. The van der Waals surface area contributed by atoms with E-state index in [1.807, 2.05) is 31.2 Å². The maximum atomic E-state index is 13.9. The fourth-order valence-electron chi connectivity index (χ4n) is 5.98. The Balaban J connectivity index is 1.57. The first-order valence-electron chi connectivity index (χ1n) is 12.5. The first-order chi connectivity index (χ1) is 17.5. The normalized spacial score (nSPS) is 21.4. The predicted octanol–water partition coefficient (Wildman–Crippen LogP) is 6.05. The molecule has 0 unspecified atom stereocenters. The Morgan fingerprint density at radius 2 is 1.72 bits per heavy atom. The van der Waals surface area contributed by atoms with Crippen LogP contribution in [0.2, 0.25) is 0 Å². The van der Waals surface area contributed by atoms with E-state index in [2.05, 4.69) is 64.6 Å². The zero-order valence-electron chi connectivity index (χ0n) is 20.7. The van der Waals surface area contributed by atoms with E-state index in [4.69, 9.17) is 4.74 Å². The van der Waals surface area contributed by atoms with Gasteiger partial charge in [0.15, 0.2) is 5.78 Å². The van der Waals surface area contributed by atoms with Crippen molar-refractivity contribution in [1.29, 1.82) is 0 Å². The lowest BCUT2D eigenvalue weighted by molar-refractivity contribution is -0.151. The van der Waals surface area contributed by atoms with Crippen LogP contribution in [-0.2, 0) is 20.9 Å². The molecule has 0 spiro atoms. The van der Waals surface area contributed by atoms with Crippen molar-refractivity contribution in [3.8, 4) is 0 Å². The van der Waals surface area contributed by atoms with Gasteiger partial charge in [-0.2, -0.15) is 0 Å². The molecule has 6 rings (SSSR count). The Morgan fingerprint density at radius 3 is 2.50 bits per heavy atom. The number of carbonyl (C=O) groups is 2. The van der Waals surface area contributed by atoms with E-state index >= 15 is 0 Å². The average molecular weight is 480 g/mol. The maximum Gasteiger partial charge on any atom is 0.316 e. The highest BCUT2D eigenvalue weighted by Crippen LogP contribution is 2.44. The molecule has 182 valence electrons. The molecule has 1 aliphatic heterocycles. The van der Waals surface area contributed by atoms with Crippen molar-refractivity contribution < 1.29 is 14.3 Å². The standard InChI is InChI=1S/C30H29N3O3/c1-4-33-24-12-8-5-9-19(24)20-16-18(13-14-25(20)33)28-27-23(31-21-10-6-7-11-22(21)32-28)15-17(2)26(29(27)34)30(35)36-3/h5-14,16-17,26,28,31-32H,4,15H2,1-3H3/t17-,26-,28+/m1/s1. The molecule has 0 amide bonds. The number of benzene rings is 3. The largest absolute Gasteiger partial charge is 0.468 e. The van der Waals surface area contributed by atoms with Gasteiger partial charge >= 0.3 is 5.97 Å². The minimum absolute atomic E-state index is 0.160. The summed E-state index contributed by atoms with van der Waals surface area (Å²) < 4.78 is 7.36. The lowest BCUT2D eigenvalue weighted by Crippen LogP contribution is -2.39. The van der Waals surface area contributed by atoms with Gasteiger partial charge in [-0.1, -0.05) is 43.3 Å². The van der Waals surface area contributed by atoms with Gasteiger partial charge < -0.3 is 19.9 Å². The van der Waals surface area contributed by atoms with Crippen molar-refractivity contribution in [1.82, 2.24) is 4.57 Å². The number of rotatable bonds is 3. The summed E-state index contributed by atoms with van der Waals surface area (Å²) in [6.45, 7) is 4.96. The van der Waals surface area contributed by atoms with Gasteiger partial charge in [0.2, 0.25) is 0 Å². The fourth-order valence-corrected chi connectivity index (χ4v) is 5.98. The Hall–Kier alpha value is -4.06. The highest BCUT2D eigenvalue weighted by molar-refractivity contribution is 6.12. The summed E-state index contributed by atoms with van der Waals surface area (Å²) in [5.74, 6) is -1.62. The number of anilines is 2. The molecule has 3 aromatic carbocycles. The molecular formula is C30H29N3O3. The molecule has 2 aliphatic rings. The average Bonchev–Trinajstić information content (AvgIpc) is 3.10. The Bertz CT molecular complexity index is 1560. The van der Waals surface area contributed by atoms with E-state index < -0.39 is 17.9 Å². The smallest absolute Gasteiger partial charge is 0.316 e. The molecule has 36 heavy (non-hydrogen) atoms. The van der Waals surface area contributed by atoms with Gasteiger partial charge in [-0.3, -0.25) is 9.59 Å². The summed E-state index contributed by atoms with van der Waals surface area (Å²) >= 11 is 0. The lowest BCUT2D eigenvalue weighted by Gasteiger charge is -2.32. The van der Waals surface area contributed by atoms with Crippen LogP contribution in [0.4, 0.5) is 11.4 Å². The second kappa shape index (κ2) is 8.55. The number of ether oxygens (including phenoxy) is 1. The van der Waals surface area contributed by atoms with Crippen LogP contribution in [0.25, 0.3) is 21.8 Å². The number of ketones is 1. The van der Waals surface area contributed by atoms with E-state index in [9.17, 15) is 9.59 Å². The molecule has 0 radical (unpaired) electrons. The number of nitrogens with one attached hydrogen (secondary N) is 2. The third-order valence-electron chi connectivity index (χ3n) is 7.67. The highest BCUT2D eigenvalue weighted by atomic mass is 16.5. The number of hydrogen-bond acceptors (Lipinski definition) is 5. The molecule has 4 aromatic rings. The van der Waals surface area contributed by atoms with E-state index in [1.54, 1.807) is 0 Å². The molecule has 0 saturated carbocycles. The highest BCUT2D eigenvalue weighted by Gasteiger charge is 2.44. The minimum atomic E-state index is -0.813. The molecule has 2 heterocycles. The first-order valence-corrected chi connectivity index (χ1v) is 12.5. The topological polar surface area (TPSA) is 72.4 Å². The third kappa shape index (κ3) is 3.32. The Morgan fingerprint density at radius 1 is 1.00 bits per heavy atom. The number of carbonyl (C=O) groups excluding carboxylic acids is 2. The van der Waals surface area contributed by atoms with E-state index in [0.29, 0.717) is 12.0 Å². The first kappa shape index (κ1) is 22.4. The third-order valence-corrected chi connectivity index (χ3v) is 7.67. The second-order valence-electron chi connectivity index (χ2n) is 9.72. The van der Waals surface area contributed by atoms with E-state index in [0.717, 1.165) is 34.6 Å². The van der Waals surface area contributed by atoms with Crippen LogP contribution in [0.3, 0.4) is 0 Å². The van der Waals surface area contributed by atoms with Crippen molar-refractivity contribution in [3.05, 3.63) is 83.6 Å². The minimum Gasteiger partial charge on any atom is -0.468 e. The van der Waals surface area contributed by atoms with Gasteiger partial charge in [-0.25, -0.2) is 0 Å². The van der Waals surface area contributed by atoms with Gasteiger partial charge in [0.05, 0.1) is 24.5 Å². The van der Waals surface area contributed by atoms with Gasteiger partial charge in [0.1, 0.15) is 5.92 Å². The molecule has 0 saturated heterocycles. The van der Waals surface area contributed by atoms with Crippen LogP contribution < -0.4 is 10.6 Å². The summed E-state index contributed by atoms with van der Waals surface area (Å²) in [5, 5.41) is 9.49. The van der Waals surface area contributed by atoms with Crippen molar-refractivity contribution in [2.45, 2.75) is 32.9 Å². The van der Waals surface area contributed by atoms with Crippen molar-refractivity contribution in [2.24, 2.45) is 11.8 Å². The number of aromatic nitrogens is 1. The van der Waals surface area contributed by atoms with Gasteiger partial charge in [-0.15, -0.1) is 0 Å². The number of hydrogen-bond donors (Lipinski definition) is 2. The van der Waals surface area contributed by atoms with Crippen LogP contribution in [-0.4, -0.2) is 23.4 Å². The summed E-state index contributed by atoms with van der Waals surface area (Å²) in [6, 6.07) is 22.4. The zero-order chi connectivity index (χ0) is 25.0. The molecule has 0 bridgehead atoms. The summed E-state index contributed by atoms with van der Waals surface area (Å²) in [4.78, 5) is 26.6. The molecule has 1 aromatic heterocycles. The molecule has 0 fully saturated rings. The number of nitrogens with zero attached hydrogens (tertiary/aromatic N) is 1. The van der Waals surface area contributed by atoms with Crippen molar-refractivity contribution in [2.75, 3.05) is 17.7 Å². The molecular weight excluding hydrogens is 450 g/mol. The quantitative estimate of drug-likeness (QED) is 0.277. The summed E-state index contributed by atoms with van der Waals surface area (Å²) in [5.41, 5.74) is 6.67. The van der Waals surface area contributed by atoms with E-state index in [1.165, 1.54) is 23.5 Å². The van der Waals surface area contributed by atoms with Gasteiger partial charge in [0, 0.05) is 39.6 Å². The van der Waals surface area contributed by atoms with Crippen molar-refractivity contribution in [3.63, 3.8) is 0 Å². The SMILES string of the molecule is CCn1c2ccccc2c2cc([C@@H]3Nc4ccccc4NC4=C3C(=O)[C@H](C(=O)OC)[C@H](C)C4)ccc21. The molecule has 2 N–H and O–H groups in total. The number of aryl methyl sites for hydroxylation is 1. The number of methoxy groups -OCH3 is 1. The predicted molar refractivity (Wildman–Crippen MR) is 143 cm³/mol. The number of Topliss-reactive ketones (excluding diaryl/α,β-unsaturated/α-hetero) is 1. The number of allylic oxidation sites excluding steroid dienone is 1. The lowest BCUT2D eigenvalue weighted by atomic mass is 9.74. The number of fused-ring (bicyclic) bond motifs is 4. The van der Waals surface area contributed by atoms with Crippen LogP contribution in [0.5, 0.6) is 0 Å². The molecule has 3 atom stereocenters. The fraction of sp³-hybridized carbons (Fsp3) is 0.267. The summed E-state index contributed by atoms with van der Waals surface area (Å²) in [7, 11) is 1.35. The molecule has 1 aliphatic carbocycles.